The quantitative estimate of drug-likeness (QED) is 0.0411. The first-order valence-electron chi connectivity index (χ1n) is 20.4. The average molecular weight is 851 g/mol. The minimum atomic E-state index is -1.32. The van der Waals surface area contributed by atoms with Gasteiger partial charge in [0.05, 0.1) is 5.92 Å². The SMILES string of the molecule is C=CCOC(=O)Oc1cccc(CC(O)C(=O)OCc2ccccc2)c1.C=CCOC(=O)Oc1cccc(CC(OC(=O)[C@@H](C)C2CCCCC2)C(=O)OCc2ccccc2)c1. The Morgan fingerprint density at radius 1 is 0.597 bits per heavy atom. The van der Waals surface area contributed by atoms with Gasteiger partial charge in [0.2, 0.25) is 6.10 Å². The van der Waals surface area contributed by atoms with E-state index in [0.29, 0.717) is 11.1 Å². The fourth-order valence-corrected chi connectivity index (χ4v) is 6.39. The predicted octanol–water partition coefficient (Wildman–Crippen LogP) is 8.84. The third-order valence-corrected chi connectivity index (χ3v) is 9.66. The first-order valence-corrected chi connectivity index (χ1v) is 20.4. The molecular weight excluding hydrogens is 797 g/mol. The highest BCUT2D eigenvalue weighted by Gasteiger charge is 2.32. The van der Waals surface area contributed by atoms with Crippen LogP contribution in [0.1, 0.15) is 61.3 Å². The van der Waals surface area contributed by atoms with Crippen LogP contribution in [0, 0.1) is 11.8 Å². The van der Waals surface area contributed by atoms with E-state index in [0.717, 1.165) is 36.8 Å². The molecule has 0 spiro atoms. The Morgan fingerprint density at radius 2 is 1.06 bits per heavy atom. The fraction of sp³-hybridized carbons (Fsp3) is 0.327. The molecule has 0 aliphatic heterocycles. The molecule has 328 valence electrons. The molecule has 3 atom stereocenters. The monoisotopic (exact) mass is 850 g/mol. The number of hydrogen-bond acceptors (Lipinski definition) is 13. The summed E-state index contributed by atoms with van der Waals surface area (Å²) in [7, 11) is 0. The molecule has 62 heavy (non-hydrogen) atoms. The summed E-state index contributed by atoms with van der Waals surface area (Å²) in [6.45, 7) is 9.03. The highest BCUT2D eigenvalue weighted by atomic mass is 16.7. The molecule has 13 nitrogen and oxygen atoms in total. The van der Waals surface area contributed by atoms with Gasteiger partial charge in [-0.15, -0.1) is 0 Å². The van der Waals surface area contributed by atoms with E-state index in [-0.39, 0.29) is 62.6 Å². The molecule has 1 aliphatic carbocycles. The van der Waals surface area contributed by atoms with Crippen LogP contribution >= 0.6 is 0 Å². The van der Waals surface area contributed by atoms with Gasteiger partial charge in [0.1, 0.15) is 37.9 Å². The molecule has 0 radical (unpaired) electrons. The number of carbonyl (C=O) groups excluding carboxylic acids is 5. The van der Waals surface area contributed by atoms with Crippen LogP contribution in [0.15, 0.2) is 135 Å². The summed E-state index contributed by atoms with van der Waals surface area (Å²) >= 11 is 0. The second kappa shape index (κ2) is 26.5. The molecule has 1 aliphatic rings. The molecular formula is C49H54O13. The van der Waals surface area contributed by atoms with Crippen molar-refractivity contribution in [3.05, 3.63) is 157 Å². The molecule has 0 saturated heterocycles. The largest absolute Gasteiger partial charge is 0.514 e. The topological polar surface area (TPSA) is 170 Å². The molecule has 1 saturated carbocycles. The van der Waals surface area contributed by atoms with Crippen molar-refractivity contribution in [1.82, 2.24) is 0 Å². The Labute approximate surface area is 362 Å². The zero-order chi connectivity index (χ0) is 44.5. The average Bonchev–Trinajstić information content (AvgIpc) is 3.29. The minimum absolute atomic E-state index is 0.0307. The maximum atomic E-state index is 13.0. The van der Waals surface area contributed by atoms with Crippen LogP contribution in [0.5, 0.6) is 11.5 Å². The summed E-state index contributed by atoms with van der Waals surface area (Å²) < 4.78 is 36.1. The van der Waals surface area contributed by atoms with Gasteiger partial charge >= 0.3 is 30.2 Å². The van der Waals surface area contributed by atoms with E-state index >= 15 is 0 Å². The van der Waals surface area contributed by atoms with E-state index in [1.54, 1.807) is 48.5 Å². The van der Waals surface area contributed by atoms with Gasteiger partial charge < -0.3 is 38.3 Å². The fourth-order valence-electron chi connectivity index (χ4n) is 6.39. The molecule has 0 amide bonds. The maximum Gasteiger partial charge on any atom is 0.514 e. The lowest BCUT2D eigenvalue weighted by Crippen LogP contribution is -2.35. The van der Waals surface area contributed by atoms with E-state index < -0.39 is 42.4 Å². The lowest BCUT2D eigenvalue weighted by Gasteiger charge is -2.27. The summed E-state index contributed by atoms with van der Waals surface area (Å²) in [5.74, 6) is -1.29. The van der Waals surface area contributed by atoms with Gasteiger partial charge in [-0.1, -0.05) is 136 Å². The number of carbonyl (C=O) groups is 5. The Hall–Kier alpha value is -6.73. The van der Waals surface area contributed by atoms with Crippen LogP contribution in [-0.2, 0) is 64.1 Å². The molecule has 5 rings (SSSR count). The van der Waals surface area contributed by atoms with Crippen molar-refractivity contribution in [3.63, 3.8) is 0 Å². The predicted molar refractivity (Wildman–Crippen MR) is 229 cm³/mol. The van der Waals surface area contributed by atoms with E-state index in [1.165, 1.54) is 18.6 Å². The van der Waals surface area contributed by atoms with Gasteiger partial charge in [0, 0.05) is 12.8 Å². The standard InChI is InChI=1S/C29H34O7.C20H20O6/c1-3-17-33-29(32)35-25-16-10-13-23(18-25)19-26(28(31)34-20-22-11-6-4-7-12-22)36-27(30)21(2)24-14-8-5-9-15-24;1-2-11-24-20(23)26-17-10-6-9-16(12-17)13-18(21)19(22)25-14-15-7-4-3-5-8-15/h3-4,6-7,10-13,16,18,21,24,26H,1,5,8-9,14-15,17,19-20H2,2H3;2-10,12,18,21H,1,11,13-14H2/t21-,26?;/m0./s1. The van der Waals surface area contributed by atoms with E-state index in [2.05, 4.69) is 13.2 Å². The summed E-state index contributed by atoms with van der Waals surface area (Å²) in [5.41, 5.74) is 2.92. The first kappa shape index (κ1) is 47.9. The molecule has 4 aromatic carbocycles. The second-order valence-electron chi connectivity index (χ2n) is 14.4. The lowest BCUT2D eigenvalue weighted by atomic mass is 9.81. The van der Waals surface area contributed by atoms with Crippen LogP contribution in [0.25, 0.3) is 0 Å². The van der Waals surface area contributed by atoms with Crippen LogP contribution in [-0.4, -0.2) is 60.7 Å². The smallest absolute Gasteiger partial charge is 0.459 e. The van der Waals surface area contributed by atoms with Gasteiger partial charge in [-0.25, -0.2) is 19.2 Å². The van der Waals surface area contributed by atoms with Crippen molar-refractivity contribution >= 4 is 30.2 Å². The number of aliphatic hydroxyl groups excluding tert-OH is 1. The molecule has 0 heterocycles. The Balaban J connectivity index is 0.000000287. The Kier molecular flexibility index (Phi) is 20.5. The molecule has 1 fully saturated rings. The molecule has 1 N–H and O–H groups in total. The number of hydrogen-bond donors (Lipinski definition) is 1. The number of ether oxygens (including phenoxy) is 7. The number of benzene rings is 4. The summed E-state index contributed by atoms with van der Waals surface area (Å²) in [5, 5.41) is 10.0. The van der Waals surface area contributed by atoms with Crippen molar-refractivity contribution < 1.29 is 62.2 Å². The highest BCUT2D eigenvalue weighted by molar-refractivity contribution is 5.81. The number of aliphatic hydroxyl groups is 1. The zero-order valence-electron chi connectivity index (χ0n) is 34.9. The summed E-state index contributed by atoms with van der Waals surface area (Å²) in [4.78, 5) is 61.1. The van der Waals surface area contributed by atoms with Crippen LogP contribution < -0.4 is 9.47 Å². The van der Waals surface area contributed by atoms with Crippen LogP contribution in [0.3, 0.4) is 0 Å². The normalized spacial score (nSPS) is 13.6. The van der Waals surface area contributed by atoms with E-state index in [4.69, 9.17) is 33.2 Å². The van der Waals surface area contributed by atoms with Gasteiger partial charge in [0.15, 0.2) is 6.10 Å². The van der Waals surface area contributed by atoms with Crippen LogP contribution in [0.2, 0.25) is 0 Å². The second-order valence-corrected chi connectivity index (χ2v) is 14.4. The van der Waals surface area contributed by atoms with E-state index in [1.807, 2.05) is 67.6 Å². The summed E-state index contributed by atoms with van der Waals surface area (Å²) in [6, 6.07) is 31.6. The number of rotatable bonds is 19. The highest BCUT2D eigenvalue weighted by Crippen LogP contribution is 2.31. The first-order chi connectivity index (χ1) is 30.0. The zero-order valence-corrected chi connectivity index (χ0v) is 34.9. The number of esters is 3. The molecule has 4 aromatic rings. The Bertz CT molecular complexity index is 2040. The van der Waals surface area contributed by atoms with Crippen molar-refractivity contribution in [1.29, 1.82) is 0 Å². The molecule has 2 unspecified atom stereocenters. The van der Waals surface area contributed by atoms with E-state index in [9.17, 15) is 29.1 Å². The van der Waals surface area contributed by atoms with Crippen molar-refractivity contribution in [2.24, 2.45) is 11.8 Å². The van der Waals surface area contributed by atoms with Gasteiger partial charge in [-0.3, -0.25) is 4.79 Å². The van der Waals surface area contributed by atoms with Gasteiger partial charge in [-0.05, 0) is 65.3 Å². The van der Waals surface area contributed by atoms with Gasteiger partial charge in [0.25, 0.3) is 0 Å². The minimum Gasteiger partial charge on any atom is -0.459 e. The van der Waals surface area contributed by atoms with Crippen molar-refractivity contribution in [2.75, 3.05) is 13.2 Å². The lowest BCUT2D eigenvalue weighted by molar-refractivity contribution is -0.172. The van der Waals surface area contributed by atoms with Crippen LogP contribution in [0.4, 0.5) is 9.59 Å². The van der Waals surface area contributed by atoms with Crippen molar-refractivity contribution in [2.45, 2.75) is 77.3 Å². The molecule has 0 aromatic heterocycles. The molecule has 0 bridgehead atoms. The molecule has 13 heteroatoms. The van der Waals surface area contributed by atoms with Gasteiger partial charge in [-0.2, -0.15) is 0 Å². The summed E-state index contributed by atoms with van der Waals surface area (Å²) in [6.07, 6.45) is 4.18. The Morgan fingerprint density at radius 3 is 1.56 bits per heavy atom. The maximum absolute atomic E-state index is 13.0. The third kappa shape index (κ3) is 17.5. The third-order valence-electron chi connectivity index (χ3n) is 9.66. The van der Waals surface area contributed by atoms with Crippen molar-refractivity contribution in [3.8, 4) is 11.5 Å².